The molecule has 0 radical (unpaired) electrons. The van der Waals surface area contributed by atoms with E-state index < -0.39 is 0 Å². The van der Waals surface area contributed by atoms with Gasteiger partial charge in [0.1, 0.15) is 0 Å². The van der Waals surface area contributed by atoms with E-state index in [1.807, 2.05) is 25.1 Å². The SMILES string of the molecule is CCOC1(OC)CCC(CNc2ccc(Br)c(Cl)c2)CC1. The summed E-state index contributed by atoms with van der Waals surface area (Å²) >= 11 is 9.51. The average Bonchev–Trinajstić information content (AvgIpc) is 2.50. The Hall–Kier alpha value is -0.290. The number of hydrogen-bond acceptors (Lipinski definition) is 3. The van der Waals surface area contributed by atoms with Gasteiger partial charge in [0.2, 0.25) is 0 Å². The number of anilines is 1. The lowest BCUT2D eigenvalue weighted by Gasteiger charge is -2.38. The van der Waals surface area contributed by atoms with Gasteiger partial charge in [-0.2, -0.15) is 0 Å². The molecule has 1 saturated carbocycles. The molecule has 0 bridgehead atoms. The van der Waals surface area contributed by atoms with Gasteiger partial charge >= 0.3 is 0 Å². The summed E-state index contributed by atoms with van der Waals surface area (Å²) in [6.07, 6.45) is 4.16. The van der Waals surface area contributed by atoms with Gasteiger partial charge in [0.25, 0.3) is 0 Å². The van der Waals surface area contributed by atoms with Crippen molar-refractivity contribution in [3.63, 3.8) is 0 Å². The van der Waals surface area contributed by atoms with Crippen LogP contribution in [0.5, 0.6) is 0 Å². The van der Waals surface area contributed by atoms with Crippen molar-refractivity contribution in [2.24, 2.45) is 5.92 Å². The molecular formula is C16H23BrClNO2. The van der Waals surface area contributed by atoms with Crippen LogP contribution in [0.4, 0.5) is 5.69 Å². The Balaban J connectivity index is 1.82. The van der Waals surface area contributed by atoms with E-state index in [-0.39, 0.29) is 5.79 Å². The maximum absolute atomic E-state index is 6.11. The van der Waals surface area contributed by atoms with Crippen LogP contribution in [0.2, 0.25) is 5.02 Å². The van der Waals surface area contributed by atoms with Crippen molar-refractivity contribution in [3.8, 4) is 0 Å². The van der Waals surface area contributed by atoms with Crippen LogP contribution in [-0.2, 0) is 9.47 Å². The van der Waals surface area contributed by atoms with Gasteiger partial charge in [0.05, 0.1) is 5.02 Å². The minimum atomic E-state index is -0.355. The molecule has 0 atom stereocenters. The van der Waals surface area contributed by atoms with Gasteiger partial charge < -0.3 is 14.8 Å². The Kier molecular flexibility index (Phi) is 6.35. The quantitative estimate of drug-likeness (QED) is 0.702. The van der Waals surface area contributed by atoms with E-state index in [1.54, 1.807) is 7.11 Å². The van der Waals surface area contributed by atoms with Gasteiger partial charge in [-0.15, -0.1) is 0 Å². The van der Waals surface area contributed by atoms with Gasteiger partial charge in [0, 0.05) is 43.3 Å². The normalized spacial score (nSPS) is 25.8. The van der Waals surface area contributed by atoms with Crippen LogP contribution in [-0.4, -0.2) is 26.0 Å². The molecule has 0 amide bonds. The fraction of sp³-hybridized carbons (Fsp3) is 0.625. The zero-order valence-corrected chi connectivity index (χ0v) is 15.0. The van der Waals surface area contributed by atoms with Crippen molar-refractivity contribution in [2.75, 3.05) is 25.6 Å². The molecule has 0 saturated heterocycles. The first-order valence-electron chi connectivity index (χ1n) is 7.46. The molecule has 0 aromatic heterocycles. The van der Waals surface area contributed by atoms with Crippen molar-refractivity contribution in [1.82, 2.24) is 0 Å². The molecule has 0 unspecified atom stereocenters. The molecule has 1 aliphatic carbocycles. The molecule has 1 aromatic carbocycles. The number of ether oxygens (including phenoxy) is 2. The second-order valence-corrected chi connectivity index (χ2v) is 6.76. The Bertz CT molecular complexity index is 462. The largest absolute Gasteiger partial charge is 0.385 e. The lowest BCUT2D eigenvalue weighted by Crippen LogP contribution is -2.40. The maximum atomic E-state index is 6.11. The van der Waals surface area contributed by atoms with Crippen LogP contribution in [0.25, 0.3) is 0 Å². The Labute approximate surface area is 140 Å². The monoisotopic (exact) mass is 375 g/mol. The Morgan fingerprint density at radius 2 is 2.10 bits per heavy atom. The summed E-state index contributed by atoms with van der Waals surface area (Å²) in [6, 6.07) is 5.96. The number of benzene rings is 1. The van der Waals surface area contributed by atoms with E-state index in [0.717, 1.165) is 47.4 Å². The fourth-order valence-electron chi connectivity index (χ4n) is 2.86. The maximum Gasteiger partial charge on any atom is 0.167 e. The molecule has 1 fully saturated rings. The predicted molar refractivity (Wildman–Crippen MR) is 91.0 cm³/mol. The van der Waals surface area contributed by atoms with Crippen LogP contribution in [0.15, 0.2) is 22.7 Å². The highest BCUT2D eigenvalue weighted by atomic mass is 79.9. The third kappa shape index (κ3) is 4.59. The standard InChI is InChI=1S/C16H23BrClNO2/c1-3-21-16(20-2)8-6-12(7-9-16)11-19-13-4-5-14(17)15(18)10-13/h4-5,10,12,19H,3,6-9,11H2,1-2H3. The van der Waals surface area contributed by atoms with Crippen LogP contribution in [0.1, 0.15) is 32.6 Å². The highest BCUT2D eigenvalue weighted by Crippen LogP contribution is 2.35. The molecular weight excluding hydrogens is 354 g/mol. The van der Waals surface area contributed by atoms with Gasteiger partial charge in [-0.1, -0.05) is 11.6 Å². The van der Waals surface area contributed by atoms with Gasteiger partial charge in [-0.05, 0) is 59.8 Å². The van der Waals surface area contributed by atoms with Crippen molar-refractivity contribution >= 4 is 33.2 Å². The Morgan fingerprint density at radius 1 is 1.38 bits per heavy atom. The summed E-state index contributed by atoms with van der Waals surface area (Å²) in [5.74, 6) is 0.294. The third-order valence-corrected chi connectivity index (χ3v) is 5.39. The highest BCUT2D eigenvalue weighted by Gasteiger charge is 2.35. The van der Waals surface area contributed by atoms with E-state index >= 15 is 0 Å². The Morgan fingerprint density at radius 3 is 2.67 bits per heavy atom. The zero-order valence-electron chi connectivity index (χ0n) is 12.6. The van der Waals surface area contributed by atoms with E-state index in [2.05, 4.69) is 21.2 Å². The molecule has 118 valence electrons. The minimum absolute atomic E-state index is 0.355. The van der Waals surface area contributed by atoms with E-state index in [4.69, 9.17) is 21.1 Å². The van der Waals surface area contributed by atoms with Gasteiger partial charge in [-0.3, -0.25) is 0 Å². The summed E-state index contributed by atoms with van der Waals surface area (Å²) in [6.45, 7) is 3.68. The van der Waals surface area contributed by atoms with Crippen LogP contribution in [0, 0.1) is 5.92 Å². The summed E-state index contributed by atoms with van der Waals surface area (Å²) in [4.78, 5) is 0. The van der Waals surface area contributed by atoms with Crippen LogP contribution in [0.3, 0.4) is 0 Å². The fourth-order valence-corrected chi connectivity index (χ4v) is 3.29. The van der Waals surface area contributed by atoms with E-state index in [9.17, 15) is 0 Å². The van der Waals surface area contributed by atoms with Crippen molar-refractivity contribution < 1.29 is 9.47 Å². The molecule has 1 aromatic rings. The second-order valence-electron chi connectivity index (χ2n) is 5.50. The van der Waals surface area contributed by atoms with E-state index in [0.29, 0.717) is 12.5 Å². The molecule has 21 heavy (non-hydrogen) atoms. The summed E-state index contributed by atoms with van der Waals surface area (Å²) in [5.41, 5.74) is 1.07. The molecule has 0 heterocycles. The molecule has 5 heteroatoms. The van der Waals surface area contributed by atoms with Crippen molar-refractivity contribution in [2.45, 2.75) is 38.4 Å². The number of hydrogen-bond donors (Lipinski definition) is 1. The summed E-state index contributed by atoms with van der Waals surface area (Å²) < 4.78 is 12.3. The van der Waals surface area contributed by atoms with E-state index in [1.165, 1.54) is 0 Å². The first kappa shape index (κ1) is 17.1. The molecule has 0 aliphatic heterocycles. The summed E-state index contributed by atoms with van der Waals surface area (Å²) in [7, 11) is 1.75. The van der Waals surface area contributed by atoms with Gasteiger partial charge in [0.15, 0.2) is 5.79 Å². The van der Waals surface area contributed by atoms with Crippen molar-refractivity contribution in [1.29, 1.82) is 0 Å². The van der Waals surface area contributed by atoms with Crippen LogP contribution < -0.4 is 5.32 Å². The first-order valence-corrected chi connectivity index (χ1v) is 8.63. The number of nitrogens with one attached hydrogen (secondary N) is 1. The molecule has 1 N–H and O–H groups in total. The highest BCUT2D eigenvalue weighted by molar-refractivity contribution is 9.10. The first-order chi connectivity index (χ1) is 10.1. The topological polar surface area (TPSA) is 30.5 Å². The second kappa shape index (κ2) is 7.82. The number of methoxy groups -OCH3 is 1. The molecule has 0 spiro atoms. The summed E-state index contributed by atoms with van der Waals surface area (Å²) in [5, 5.41) is 4.21. The molecule has 1 aliphatic rings. The lowest BCUT2D eigenvalue weighted by molar-refractivity contribution is -0.239. The third-order valence-electron chi connectivity index (χ3n) is 4.16. The predicted octanol–water partition coefficient (Wildman–Crippen LogP) is 5.08. The molecule has 3 nitrogen and oxygen atoms in total. The van der Waals surface area contributed by atoms with Crippen LogP contribution >= 0.6 is 27.5 Å². The number of rotatable bonds is 6. The lowest BCUT2D eigenvalue weighted by atomic mass is 9.85. The number of halogens is 2. The minimum Gasteiger partial charge on any atom is -0.385 e. The van der Waals surface area contributed by atoms with Crippen molar-refractivity contribution in [3.05, 3.63) is 27.7 Å². The molecule has 2 rings (SSSR count). The smallest absolute Gasteiger partial charge is 0.167 e. The zero-order chi connectivity index (χ0) is 15.3. The van der Waals surface area contributed by atoms with Gasteiger partial charge in [-0.25, -0.2) is 0 Å². The average molecular weight is 377 g/mol.